The highest BCUT2D eigenvalue weighted by atomic mass is 19.1. The normalized spacial score (nSPS) is 17.5. The van der Waals surface area contributed by atoms with Crippen molar-refractivity contribution in [1.82, 2.24) is 5.01 Å². The minimum absolute atomic E-state index is 0.0565. The third kappa shape index (κ3) is 4.85. The lowest BCUT2D eigenvalue weighted by molar-refractivity contribution is -0.143. The lowest BCUT2D eigenvalue weighted by atomic mass is 10.1. The Morgan fingerprint density at radius 2 is 1.93 bits per heavy atom. The summed E-state index contributed by atoms with van der Waals surface area (Å²) >= 11 is 0. The van der Waals surface area contributed by atoms with E-state index in [1.165, 1.54) is 35.3 Å². The van der Waals surface area contributed by atoms with Gasteiger partial charge in [-0.25, -0.2) is 14.2 Å². The Hall–Kier alpha value is -3.21. The van der Waals surface area contributed by atoms with Crippen molar-refractivity contribution in [2.45, 2.75) is 12.6 Å². The van der Waals surface area contributed by atoms with Crippen LogP contribution in [0.3, 0.4) is 0 Å². The fourth-order valence-electron chi connectivity index (χ4n) is 3.15. The number of fused-ring (bicyclic) bond motifs is 2. The fourth-order valence-corrected chi connectivity index (χ4v) is 3.15. The number of nitrogens with one attached hydrogen (secondary N) is 1. The van der Waals surface area contributed by atoms with Crippen LogP contribution in [0.15, 0.2) is 36.4 Å². The van der Waals surface area contributed by atoms with Crippen molar-refractivity contribution in [3.63, 3.8) is 0 Å². The maximum absolute atomic E-state index is 14.0. The molecule has 1 heterocycles. The lowest BCUT2D eigenvalue weighted by Crippen LogP contribution is -2.40. The number of carboxylic acid groups (broad SMARTS) is 2. The monoisotopic (exact) mass is 420 g/mol. The van der Waals surface area contributed by atoms with Gasteiger partial charge in [-0.05, 0) is 41.5 Å². The van der Waals surface area contributed by atoms with Gasteiger partial charge in [0.25, 0.3) is 0 Å². The molecule has 4 N–H and O–H groups in total. The molecular weight excluding hydrogens is 399 g/mol. The van der Waals surface area contributed by atoms with E-state index in [2.05, 4.69) is 5.43 Å². The molecule has 1 aliphatic heterocycles. The maximum Gasteiger partial charge on any atom is 0.336 e. The Bertz CT molecular complexity index is 937. The first-order valence-electron chi connectivity index (χ1n) is 9.14. The van der Waals surface area contributed by atoms with Crippen LogP contribution < -0.4 is 10.2 Å². The second-order valence-electron chi connectivity index (χ2n) is 6.53. The molecule has 1 atom stereocenters. The second-order valence-corrected chi connectivity index (χ2v) is 6.53. The molecule has 0 saturated heterocycles. The number of aliphatic carboxylic acids is 1. The van der Waals surface area contributed by atoms with Gasteiger partial charge in [0, 0.05) is 12.2 Å². The number of aromatic carboxylic acids is 1. The van der Waals surface area contributed by atoms with Gasteiger partial charge in [-0.15, -0.1) is 0 Å². The highest BCUT2D eigenvalue weighted by Crippen LogP contribution is 2.28. The van der Waals surface area contributed by atoms with Crippen molar-refractivity contribution in [3.05, 3.63) is 58.9 Å². The number of rotatable bonds is 5. The number of halogens is 1. The van der Waals surface area contributed by atoms with Crippen molar-refractivity contribution in [3.8, 4) is 5.75 Å². The zero-order valence-corrected chi connectivity index (χ0v) is 15.9. The molecule has 1 aliphatic rings. The molecule has 0 amide bonds. The fraction of sp³-hybridized carbons (Fsp3) is 0.300. The molecule has 1 unspecified atom stereocenters. The van der Waals surface area contributed by atoms with E-state index in [4.69, 9.17) is 9.47 Å². The number of ether oxygens (including phenoxy) is 2. The summed E-state index contributed by atoms with van der Waals surface area (Å²) in [4.78, 5) is 23.3. The first-order chi connectivity index (χ1) is 14.4. The van der Waals surface area contributed by atoms with Crippen LogP contribution in [0.4, 0.5) is 10.1 Å². The summed E-state index contributed by atoms with van der Waals surface area (Å²) < 4.78 is 24.8. The summed E-state index contributed by atoms with van der Waals surface area (Å²) in [5, 5.41) is 29.9. The largest absolute Gasteiger partial charge is 0.488 e. The number of carboxylic acids is 2. The molecule has 9 nitrogen and oxygen atoms in total. The molecule has 0 aromatic heterocycles. The van der Waals surface area contributed by atoms with Crippen LogP contribution in [-0.4, -0.2) is 58.6 Å². The van der Waals surface area contributed by atoms with Gasteiger partial charge >= 0.3 is 11.9 Å². The standard InChI is InChI=1S/C20H21FN2O7/c21-16-4-1-12-10-17(16)30-8-7-29-6-5-23(18(12)20(27)28)22-14-2-3-15(19(25)26)13(9-14)11-24/h1-4,9-10,18,22,24H,5-8,11H2,(H,25,26)(H,27,28). The summed E-state index contributed by atoms with van der Waals surface area (Å²) in [7, 11) is 0. The maximum atomic E-state index is 14.0. The number of nitrogens with zero attached hydrogens (tertiary/aromatic N) is 1. The van der Waals surface area contributed by atoms with E-state index in [1.807, 2.05) is 0 Å². The van der Waals surface area contributed by atoms with Crippen molar-refractivity contribution in [2.24, 2.45) is 0 Å². The van der Waals surface area contributed by atoms with Crippen LogP contribution >= 0.6 is 0 Å². The summed E-state index contributed by atoms with van der Waals surface area (Å²) in [6.07, 6.45) is 0. The van der Waals surface area contributed by atoms with Gasteiger partial charge in [0.1, 0.15) is 6.61 Å². The van der Waals surface area contributed by atoms with Crippen LogP contribution in [0.2, 0.25) is 0 Å². The first-order valence-corrected chi connectivity index (χ1v) is 9.14. The van der Waals surface area contributed by atoms with Crippen molar-refractivity contribution >= 4 is 17.6 Å². The highest BCUT2D eigenvalue weighted by Gasteiger charge is 2.29. The Labute approximate surface area is 171 Å². The van der Waals surface area contributed by atoms with Crippen LogP contribution in [0.1, 0.15) is 27.5 Å². The number of aliphatic hydroxyl groups excluding tert-OH is 1. The van der Waals surface area contributed by atoms with Gasteiger partial charge < -0.3 is 30.2 Å². The average Bonchev–Trinajstić information content (AvgIpc) is 2.74. The first kappa shape index (κ1) is 21.5. The molecule has 3 rings (SSSR count). The van der Waals surface area contributed by atoms with Crippen LogP contribution in [0.5, 0.6) is 5.75 Å². The number of hydrazine groups is 1. The van der Waals surface area contributed by atoms with Crippen molar-refractivity contribution in [2.75, 3.05) is 31.8 Å². The molecule has 0 saturated carbocycles. The van der Waals surface area contributed by atoms with E-state index in [9.17, 15) is 29.3 Å². The predicted octanol–water partition coefficient (Wildman–Crippen LogP) is 1.88. The van der Waals surface area contributed by atoms with Crippen molar-refractivity contribution in [1.29, 1.82) is 0 Å². The molecule has 2 bridgehead atoms. The Morgan fingerprint density at radius 3 is 2.63 bits per heavy atom. The zero-order valence-electron chi connectivity index (χ0n) is 15.9. The molecule has 2 aromatic rings. The van der Waals surface area contributed by atoms with Gasteiger partial charge in [0.2, 0.25) is 0 Å². The molecule has 0 aliphatic carbocycles. The molecule has 30 heavy (non-hydrogen) atoms. The highest BCUT2D eigenvalue weighted by molar-refractivity contribution is 5.90. The SMILES string of the molecule is O=C(O)c1ccc(NN2CCOCCOc3cc(ccc3F)C2C(=O)O)cc1CO. The molecule has 0 spiro atoms. The minimum Gasteiger partial charge on any atom is -0.488 e. The quantitative estimate of drug-likeness (QED) is 0.573. The smallest absolute Gasteiger partial charge is 0.336 e. The predicted molar refractivity (Wildman–Crippen MR) is 103 cm³/mol. The Morgan fingerprint density at radius 1 is 1.13 bits per heavy atom. The van der Waals surface area contributed by atoms with E-state index < -0.39 is 30.4 Å². The molecule has 0 fully saturated rings. The summed E-state index contributed by atoms with van der Waals surface area (Å²) in [5.41, 5.74) is 3.73. The van der Waals surface area contributed by atoms with Crippen LogP contribution in [-0.2, 0) is 16.1 Å². The van der Waals surface area contributed by atoms with Crippen LogP contribution in [0.25, 0.3) is 0 Å². The summed E-state index contributed by atoms with van der Waals surface area (Å²) in [5.74, 6) is -3.06. The molecular formula is C20H21FN2O7. The molecule has 0 radical (unpaired) electrons. The number of carbonyl (C=O) groups is 2. The third-order valence-corrected chi connectivity index (χ3v) is 4.56. The molecule has 10 heteroatoms. The van der Waals surface area contributed by atoms with E-state index in [0.29, 0.717) is 5.69 Å². The van der Waals surface area contributed by atoms with E-state index >= 15 is 0 Å². The third-order valence-electron chi connectivity index (χ3n) is 4.56. The molecule has 160 valence electrons. The van der Waals surface area contributed by atoms with Gasteiger partial charge in [0.05, 0.1) is 25.4 Å². The number of hydrogen-bond acceptors (Lipinski definition) is 7. The van der Waals surface area contributed by atoms with Gasteiger partial charge in [-0.2, -0.15) is 0 Å². The lowest BCUT2D eigenvalue weighted by Gasteiger charge is -2.30. The second kappa shape index (κ2) is 9.53. The van der Waals surface area contributed by atoms with E-state index in [0.717, 1.165) is 6.07 Å². The summed E-state index contributed by atoms with van der Waals surface area (Å²) in [6.45, 7) is 0.123. The summed E-state index contributed by atoms with van der Waals surface area (Å²) in [6, 6.07) is 6.83. The zero-order chi connectivity index (χ0) is 21.7. The van der Waals surface area contributed by atoms with Crippen molar-refractivity contribution < 1.29 is 38.8 Å². The Kier molecular flexibility index (Phi) is 6.83. The van der Waals surface area contributed by atoms with Crippen LogP contribution in [0, 0.1) is 5.82 Å². The Balaban J connectivity index is 1.97. The number of hydrogen-bond donors (Lipinski definition) is 4. The van der Waals surface area contributed by atoms with Gasteiger partial charge in [0.15, 0.2) is 17.6 Å². The minimum atomic E-state index is -1.22. The van der Waals surface area contributed by atoms with Gasteiger partial charge in [-0.3, -0.25) is 4.79 Å². The number of benzene rings is 2. The van der Waals surface area contributed by atoms with E-state index in [-0.39, 0.29) is 48.8 Å². The number of anilines is 1. The average molecular weight is 420 g/mol. The number of aliphatic hydroxyl groups is 1. The topological polar surface area (TPSA) is 129 Å². The van der Waals surface area contributed by atoms with E-state index in [1.54, 1.807) is 0 Å². The van der Waals surface area contributed by atoms with Gasteiger partial charge in [-0.1, -0.05) is 6.07 Å². The molecule has 2 aromatic carbocycles.